The first-order chi connectivity index (χ1) is 10.2. The normalized spacial score (nSPS) is 12.5. The van der Waals surface area contributed by atoms with Crippen LogP contribution in [0, 0.1) is 5.82 Å². The number of benzene rings is 2. The van der Waals surface area contributed by atoms with Gasteiger partial charge in [-0.3, -0.25) is 0 Å². The zero-order valence-electron chi connectivity index (χ0n) is 11.1. The fourth-order valence-corrected chi connectivity index (χ4v) is 3.71. The van der Waals surface area contributed by atoms with Crippen LogP contribution in [0.4, 0.5) is 10.1 Å². The summed E-state index contributed by atoms with van der Waals surface area (Å²) in [6.45, 7) is 0.468. The average molecular weight is 365 g/mol. The molecule has 0 aliphatic carbocycles. The van der Waals surface area contributed by atoms with Gasteiger partial charge in [0.15, 0.2) is 0 Å². The SMILES string of the molecule is NCC(Nc1ccc(F)c(Br)c1)c1csc2ccccc12. The van der Waals surface area contributed by atoms with Crippen molar-refractivity contribution in [2.45, 2.75) is 6.04 Å². The van der Waals surface area contributed by atoms with Crippen molar-refractivity contribution in [1.29, 1.82) is 0 Å². The number of thiophene rings is 1. The molecule has 2 nitrogen and oxygen atoms in total. The summed E-state index contributed by atoms with van der Waals surface area (Å²) in [4.78, 5) is 0. The third-order valence-electron chi connectivity index (χ3n) is 3.38. The Morgan fingerprint density at radius 3 is 2.81 bits per heavy atom. The van der Waals surface area contributed by atoms with Crippen molar-refractivity contribution in [3.05, 3.63) is 63.7 Å². The number of nitrogens with one attached hydrogen (secondary N) is 1. The van der Waals surface area contributed by atoms with Crippen LogP contribution in [0.1, 0.15) is 11.6 Å². The van der Waals surface area contributed by atoms with E-state index in [0.29, 0.717) is 11.0 Å². The minimum Gasteiger partial charge on any atom is -0.377 e. The lowest BCUT2D eigenvalue weighted by atomic mass is 10.1. The molecule has 0 spiro atoms. The van der Waals surface area contributed by atoms with E-state index in [4.69, 9.17) is 5.73 Å². The van der Waals surface area contributed by atoms with Gasteiger partial charge in [-0.2, -0.15) is 0 Å². The summed E-state index contributed by atoms with van der Waals surface area (Å²) in [5.41, 5.74) is 7.95. The van der Waals surface area contributed by atoms with Crippen LogP contribution in [0.3, 0.4) is 0 Å². The fraction of sp³-hybridized carbons (Fsp3) is 0.125. The number of hydrogen-bond acceptors (Lipinski definition) is 3. The van der Waals surface area contributed by atoms with Gasteiger partial charge in [-0.05, 0) is 56.5 Å². The molecule has 2 aromatic carbocycles. The Kier molecular flexibility index (Phi) is 4.24. The molecular weight excluding hydrogens is 351 g/mol. The van der Waals surface area contributed by atoms with E-state index in [9.17, 15) is 4.39 Å². The van der Waals surface area contributed by atoms with Gasteiger partial charge < -0.3 is 11.1 Å². The summed E-state index contributed by atoms with van der Waals surface area (Å²) in [7, 11) is 0. The molecule has 0 fully saturated rings. The van der Waals surface area contributed by atoms with Gasteiger partial charge in [-0.25, -0.2) is 4.39 Å². The molecule has 3 N–H and O–H groups in total. The maximum absolute atomic E-state index is 13.3. The summed E-state index contributed by atoms with van der Waals surface area (Å²) in [6.07, 6.45) is 0. The van der Waals surface area contributed by atoms with Crippen molar-refractivity contribution >= 4 is 43.0 Å². The van der Waals surface area contributed by atoms with Crippen molar-refractivity contribution in [2.24, 2.45) is 5.73 Å². The molecule has 108 valence electrons. The number of rotatable bonds is 4. The molecule has 1 atom stereocenters. The lowest BCUT2D eigenvalue weighted by Gasteiger charge is -2.18. The second kappa shape index (κ2) is 6.13. The standard InChI is InChI=1S/C16H14BrFN2S/c17-13-7-10(5-6-14(13)18)20-15(8-19)12-9-21-16-4-2-1-3-11(12)16/h1-7,9,15,20H,8,19H2. The highest BCUT2D eigenvalue weighted by Gasteiger charge is 2.14. The average Bonchev–Trinajstić information content (AvgIpc) is 2.92. The highest BCUT2D eigenvalue weighted by molar-refractivity contribution is 9.10. The molecule has 21 heavy (non-hydrogen) atoms. The third-order valence-corrected chi connectivity index (χ3v) is 4.97. The molecule has 0 aliphatic heterocycles. The molecule has 3 aromatic rings. The van der Waals surface area contributed by atoms with Gasteiger partial charge in [-0.1, -0.05) is 18.2 Å². The monoisotopic (exact) mass is 364 g/mol. The summed E-state index contributed by atoms with van der Waals surface area (Å²) in [6, 6.07) is 13.1. The zero-order valence-corrected chi connectivity index (χ0v) is 13.5. The van der Waals surface area contributed by atoms with Crippen LogP contribution < -0.4 is 11.1 Å². The quantitative estimate of drug-likeness (QED) is 0.689. The molecule has 1 unspecified atom stereocenters. The van der Waals surface area contributed by atoms with Gasteiger partial charge in [0.05, 0.1) is 10.5 Å². The molecule has 1 aromatic heterocycles. The van der Waals surface area contributed by atoms with Crippen LogP contribution >= 0.6 is 27.3 Å². The Bertz CT molecular complexity index is 772. The number of fused-ring (bicyclic) bond motifs is 1. The van der Waals surface area contributed by atoms with Crippen molar-refractivity contribution in [1.82, 2.24) is 0 Å². The molecule has 0 saturated heterocycles. The summed E-state index contributed by atoms with van der Waals surface area (Å²) >= 11 is 4.91. The van der Waals surface area contributed by atoms with Gasteiger partial charge in [0, 0.05) is 16.9 Å². The predicted octanol–water partition coefficient (Wildman–Crippen LogP) is 4.91. The second-order valence-electron chi connectivity index (χ2n) is 4.75. The molecule has 0 aliphatic rings. The predicted molar refractivity (Wildman–Crippen MR) is 91.3 cm³/mol. The van der Waals surface area contributed by atoms with Crippen LogP contribution in [0.25, 0.3) is 10.1 Å². The highest BCUT2D eigenvalue weighted by atomic mass is 79.9. The number of anilines is 1. The minimum absolute atomic E-state index is 0.00138. The molecule has 0 bridgehead atoms. The molecule has 0 amide bonds. The van der Waals surface area contributed by atoms with E-state index in [-0.39, 0.29) is 11.9 Å². The Labute approximate surface area is 134 Å². The smallest absolute Gasteiger partial charge is 0.137 e. The van der Waals surface area contributed by atoms with E-state index in [1.54, 1.807) is 23.5 Å². The molecule has 3 rings (SSSR count). The summed E-state index contributed by atoms with van der Waals surface area (Å²) in [5, 5.41) is 6.72. The van der Waals surface area contributed by atoms with E-state index < -0.39 is 0 Å². The third kappa shape index (κ3) is 2.95. The maximum atomic E-state index is 13.3. The largest absolute Gasteiger partial charge is 0.377 e. The molecule has 0 radical (unpaired) electrons. The van der Waals surface area contributed by atoms with E-state index in [2.05, 4.69) is 38.8 Å². The van der Waals surface area contributed by atoms with Gasteiger partial charge in [-0.15, -0.1) is 11.3 Å². The van der Waals surface area contributed by atoms with Crippen molar-refractivity contribution in [3.8, 4) is 0 Å². The first-order valence-corrected chi connectivity index (χ1v) is 8.24. The van der Waals surface area contributed by atoms with Crippen molar-refractivity contribution in [2.75, 3.05) is 11.9 Å². The van der Waals surface area contributed by atoms with E-state index >= 15 is 0 Å². The molecule has 5 heteroatoms. The Balaban J connectivity index is 1.93. The number of hydrogen-bond donors (Lipinski definition) is 2. The lowest BCUT2D eigenvalue weighted by Crippen LogP contribution is -2.20. The van der Waals surface area contributed by atoms with Crippen LogP contribution in [-0.4, -0.2) is 6.54 Å². The minimum atomic E-state index is -0.272. The molecular formula is C16H14BrFN2S. The summed E-state index contributed by atoms with van der Waals surface area (Å²) in [5.74, 6) is -0.272. The first-order valence-electron chi connectivity index (χ1n) is 6.57. The first kappa shape index (κ1) is 14.5. The highest BCUT2D eigenvalue weighted by Crippen LogP contribution is 2.32. The van der Waals surface area contributed by atoms with Crippen molar-refractivity contribution in [3.63, 3.8) is 0 Å². The number of nitrogens with two attached hydrogens (primary N) is 1. The van der Waals surface area contributed by atoms with Gasteiger partial charge in [0.25, 0.3) is 0 Å². The summed E-state index contributed by atoms with van der Waals surface area (Å²) < 4.78 is 15.0. The molecule has 0 saturated carbocycles. The second-order valence-corrected chi connectivity index (χ2v) is 6.51. The Morgan fingerprint density at radius 1 is 1.24 bits per heavy atom. The van der Waals surface area contributed by atoms with E-state index in [1.165, 1.54) is 21.7 Å². The van der Waals surface area contributed by atoms with E-state index in [0.717, 1.165) is 5.69 Å². The van der Waals surface area contributed by atoms with Crippen LogP contribution in [0.15, 0.2) is 52.3 Å². The van der Waals surface area contributed by atoms with Crippen LogP contribution in [-0.2, 0) is 0 Å². The molecule has 1 heterocycles. The van der Waals surface area contributed by atoms with Crippen molar-refractivity contribution < 1.29 is 4.39 Å². The topological polar surface area (TPSA) is 38.0 Å². The Morgan fingerprint density at radius 2 is 2.05 bits per heavy atom. The van der Waals surface area contributed by atoms with Gasteiger partial charge in [0.1, 0.15) is 5.82 Å². The van der Waals surface area contributed by atoms with Crippen LogP contribution in [0.5, 0.6) is 0 Å². The lowest BCUT2D eigenvalue weighted by molar-refractivity contribution is 0.621. The van der Waals surface area contributed by atoms with Gasteiger partial charge in [0.2, 0.25) is 0 Å². The maximum Gasteiger partial charge on any atom is 0.137 e. The number of halogens is 2. The zero-order chi connectivity index (χ0) is 14.8. The van der Waals surface area contributed by atoms with E-state index in [1.807, 2.05) is 12.1 Å². The van der Waals surface area contributed by atoms with Crippen LogP contribution in [0.2, 0.25) is 0 Å². The Hall–Kier alpha value is -1.43. The van der Waals surface area contributed by atoms with Gasteiger partial charge >= 0.3 is 0 Å². The fourth-order valence-electron chi connectivity index (χ4n) is 2.32.